The van der Waals surface area contributed by atoms with Crippen LogP contribution in [0.3, 0.4) is 0 Å². The molecular weight excluding hydrogens is 272 g/mol. The first-order valence-electron chi connectivity index (χ1n) is 7.68. The molecule has 0 radical (unpaired) electrons. The van der Waals surface area contributed by atoms with E-state index in [1.54, 1.807) is 0 Å². The first-order chi connectivity index (χ1) is 10.2. The van der Waals surface area contributed by atoms with Crippen LogP contribution in [0.15, 0.2) is 64.4 Å². The third-order valence-electron chi connectivity index (χ3n) is 3.42. The van der Waals surface area contributed by atoms with Gasteiger partial charge in [-0.15, -0.1) is 0 Å². The highest BCUT2D eigenvalue weighted by Crippen LogP contribution is 2.34. The van der Waals surface area contributed by atoms with E-state index in [9.17, 15) is 0 Å². The molecule has 0 aliphatic rings. The third kappa shape index (κ3) is 4.78. The van der Waals surface area contributed by atoms with E-state index in [1.165, 1.54) is 39.3 Å². The fraction of sp³-hybridized carbons (Fsp3) is 0.300. The van der Waals surface area contributed by atoms with Crippen LogP contribution in [-0.2, 0) is 6.42 Å². The van der Waals surface area contributed by atoms with Gasteiger partial charge in [0.2, 0.25) is 0 Å². The van der Waals surface area contributed by atoms with Gasteiger partial charge in [0.25, 0.3) is 0 Å². The zero-order valence-corrected chi connectivity index (χ0v) is 14.0. The summed E-state index contributed by atoms with van der Waals surface area (Å²) in [7, 11) is 0. The number of hydrogen-bond donors (Lipinski definition) is 0. The number of rotatable bonds is 6. The maximum Gasteiger partial charge on any atom is 0.0186 e. The fourth-order valence-corrected chi connectivity index (χ4v) is 3.46. The molecule has 0 heterocycles. The van der Waals surface area contributed by atoms with Crippen LogP contribution in [0.4, 0.5) is 0 Å². The molecule has 0 atom stereocenters. The molecule has 0 saturated carbocycles. The average Bonchev–Trinajstić information content (AvgIpc) is 2.48. The van der Waals surface area contributed by atoms with E-state index in [1.807, 2.05) is 11.8 Å². The van der Waals surface area contributed by atoms with Crippen LogP contribution in [0.1, 0.15) is 36.5 Å². The lowest BCUT2D eigenvalue weighted by Crippen LogP contribution is -1.92. The molecule has 0 fully saturated rings. The maximum absolute atomic E-state index is 2.33. The van der Waals surface area contributed by atoms with Gasteiger partial charge < -0.3 is 0 Å². The van der Waals surface area contributed by atoms with Crippen LogP contribution in [0.2, 0.25) is 0 Å². The lowest BCUT2D eigenvalue weighted by Gasteiger charge is -2.13. The lowest BCUT2D eigenvalue weighted by atomic mass is 10.0. The molecule has 0 saturated heterocycles. The van der Waals surface area contributed by atoms with Crippen LogP contribution >= 0.6 is 11.8 Å². The van der Waals surface area contributed by atoms with E-state index < -0.39 is 0 Å². The van der Waals surface area contributed by atoms with Crippen LogP contribution < -0.4 is 0 Å². The first-order valence-corrected chi connectivity index (χ1v) is 8.50. The second-order valence-electron chi connectivity index (χ2n) is 5.45. The molecule has 0 unspecified atom stereocenters. The summed E-state index contributed by atoms with van der Waals surface area (Å²) >= 11 is 1.88. The van der Waals surface area contributed by atoms with Crippen LogP contribution in [0, 0.1) is 13.8 Å². The highest BCUT2D eigenvalue weighted by Gasteiger charge is 2.08. The Bertz CT molecular complexity index is 597. The van der Waals surface area contributed by atoms with Crippen molar-refractivity contribution in [1.82, 2.24) is 0 Å². The topological polar surface area (TPSA) is 0 Å². The highest BCUT2D eigenvalue weighted by molar-refractivity contribution is 7.99. The van der Waals surface area contributed by atoms with Crippen molar-refractivity contribution in [2.45, 2.75) is 49.8 Å². The predicted molar refractivity (Wildman–Crippen MR) is 94.2 cm³/mol. The first kappa shape index (κ1) is 15.9. The van der Waals surface area contributed by atoms with Gasteiger partial charge in [-0.1, -0.05) is 73.2 Å². The summed E-state index contributed by atoms with van der Waals surface area (Å²) in [6.07, 6.45) is 8.03. The van der Waals surface area contributed by atoms with Gasteiger partial charge >= 0.3 is 0 Å². The molecule has 2 rings (SSSR count). The number of benzene rings is 2. The summed E-state index contributed by atoms with van der Waals surface area (Å²) in [5.74, 6) is 0. The Morgan fingerprint density at radius 2 is 1.76 bits per heavy atom. The van der Waals surface area contributed by atoms with Crippen molar-refractivity contribution in [3.8, 4) is 0 Å². The molecule has 21 heavy (non-hydrogen) atoms. The third-order valence-corrected chi connectivity index (χ3v) is 4.71. The molecule has 0 nitrogen and oxygen atoms in total. The zero-order chi connectivity index (χ0) is 15.1. The minimum Gasteiger partial charge on any atom is -0.0895 e. The summed E-state index contributed by atoms with van der Waals surface area (Å²) in [5, 5.41) is 0. The summed E-state index contributed by atoms with van der Waals surface area (Å²) < 4.78 is 0. The molecule has 2 aromatic rings. The molecule has 110 valence electrons. The van der Waals surface area contributed by atoms with Crippen molar-refractivity contribution in [2.75, 3.05) is 0 Å². The Hall–Kier alpha value is -1.47. The van der Waals surface area contributed by atoms with E-state index in [-0.39, 0.29) is 0 Å². The summed E-state index contributed by atoms with van der Waals surface area (Å²) in [6, 6.07) is 15.3. The largest absolute Gasteiger partial charge is 0.0895 e. The summed E-state index contributed by atoms with van der Waals surface area (Å²) in [5.41, 5.74) is 4.17. The monoisotopic (exact) mass is 296 g/mol. The Morgan fingerprint density at radius 3 is 2.48 bits per heavy atom. The minimum atomic E-state index is 1.03. The Labute approximate surface area is 133 Å². The lowest BCUT2D eigenvalue weighted by molar-refractivity contribution is 0.952. The van der Waals surface area contributed by atoms with Gasteiger partial charge in [0.05, 0.1) is 0 Å². The predicted octanol–water partition coefficient (Wildman–Crippen LogP) is 6.35. The molecule has 0 aliphatic carbocycles. The zero-order valence-electron chi connectivity index (χ0n) is 13.2. The van der Waals surface area contributed by atoms with Crippen molar-refractivity contribution >= 4 is 11.8 Å². The number of unbranched alkanes of at least 4 members (excludes halogenated alkanes) is 1. The van der Waals surface area contributed by atoms with E-state index in [2.05, 4.69) is 75.4 Å². The molecule has 0 aliphatic heterocycles. The van der Waals surface area contributed by atoms with Crippen LogP contribution in [-0.4, -0.2) is 0 Å². The molecule has 0 bridgehead atoms. The molecule has 1 heteroatoms. The van der Waals surface area contributed by atoms with Crippen molar-refractivity contribution in [2.24, 2.45) is 0 Å². The van der Waals surface area contributed by atoms with Gasteiger partial charge in [-0.05, 0) is 49.9 Å². The van der Waals surface area contributed by atoms with Crippen molar-refractivity contribution < 1.29 is 0 Å². The minimum absolute atomic E-state index is 1.03. The van der Waals surface area contributed by atoms with Gasteiger partial charge in [0.15, 0.2) is 0 Å². The van der Waals surface area contributed by atoms with Gasteiger partial charge in [-0.2, -0.15) is 0 Å². The fourth-order valence-electron chi connectivity index (χ4n) is 2.44. The van der Waals surface area contributed by atoms with E-state index in [0.717, 1.165) is 6.42 Å². The van der Waals surface area contributed by atoms with Gasteiger partial charge in [0, 0.05) is 9.79 Å². The van der Waals surface area contributed by atoms with E-state index in [0.29, 0.717) is 0 Å². The molecule has 0 amide bonds. The van der Waals surface area contributed by atoms with Crippen molar-refractivity contribution in [1.29, 1.82) is 0 Å². The SMILES string of the molecule is CCC/C=C\Cc1cc(C)cc(C)c1Sc1ccccc1. The van der Waals surface area contributed by atoms with Crippen LogP contribution in [0.5, 0.6) is 0 Å². The molecule has 0 spiro atoms. The number of allylic oxidation sites excluding steroid dienone is 2. The average molecular weight is 296 g/mol. The van der Waals surface area contributed by atoms with Crippen LogP contribution in [0.25, 0.3) is 0 Å². The van der Waals surface area contributed by atoms with Crippen molar-refractivity contribution in [3.05, 3.63) is 71.3 Å². The Balaban J connectivity index is 2.25. The van der Waals surface area contributed by atoms with E-state index in [4.69, 9.17) is 0 Å². The number of aryl methyl sites for hydroxylation is 2. The normalized spacial score (nSPS) is 11.2. The molecule has 2 aromatic carbocycles. The summed E-state index contributed by atoms with van der Waals surface area (Å²) in [6.45, 7) is 6.62. The van der Waals surface area contributed by atoms with Gasteiger partial charge in [0.1, 0.15) is 0 Å². The standard InChI is InChI=1S/C20H24S/c1-4-5-6-8-11-18-15-16(2)14-17(3)20(18)21-19-12-9-7-10-13-19/h6-10,12-15H,4-5,11H2,1-3H3/b8-6-. The molecule has 0 aromatic heterocycles. The number of hydrogen-bond acceptors (Lipinski definition) is 1. The smallest absolute Gasteiger partial charge is 0.0186 e. The molecular formula is C20H24S. The highest BCUT2D eigenvalue weighted by atomic mass is 32.2. The Morgan fingerprint density at radius 1 is 1.00 bits per heavy atom. The Kier molecular flexibility index (Phi) is 6.13. The van der Waals surface area contributed by atoms with Crippen molar-refractivity contribution in [3.63, 3.8) is 0 Å². The molecule has 0 N–H and O–H groups in total. The summed E-state index contributed by atoms with van der Waals surface area (Å²) in [4.78, 5) is 2.72. The van der Waals surface area contributed by atoms with E-state index >= 15 is 0 Å². The quantitative estimate of drug-likeness (QED) is 0.559. The second-order valence-corrected chi connectivity index (χ2v) is 6.53. The maximum atomic E-state index is 2.33. The van der Waals surface area contributed by atoms with Gasteiger partial charge in [-0.25, -0.2) is 0 Å². The van der Waals surface area contributed by atoms with Gasteiger partial charge in [-0.3, -0.25) is 0 Å². The second kappa shape index (κ2) is 8.09.